The second-order valence-corrected chi connectivity index (χ2v) is 4.76. The Bertz CT molecular complexity index is 610. The number of hydrogen-bond acceptors (Lipinski definition) is 7. The molecule has 0 bridgehead atoms. The molecule has 5 N–H and O–H groups in total. The van der Waals surface area contributed by atoms with E-state index in [4.69, 9.17) is 0 Å². The zero-order valence-electron chi connectivity index (χ0n) is 11.9. The molecule has 0 unspecified atom stereocenters. The summed E-state index contributed by atoms with van der Waals surface area (Å²) in [6, 6.07) is 6.97. The van der Waals surface area contributed by atoms with Gasteiger partial charge in [-0.3, -0.25) is 0 Å². The molecule has 0 fully saturated rings. The lowest BCUT2D eigenvalue weighted by Gasteiger charge is -2.24. The molecule has 1 heterocycles. The smallest absolute Gasteiger partial charge is 0.337 e. The number of hydrogen-bond donors (Lipinski definition) is 5. The Morgan fingerprint density at radius 3 is 2.55 bits per heavy atom. The van der Waals surface area contributed by atoms with Gasteiger partial charge in [-0.15, -0.1) is 0 Å². The predicted molar refractivity (Wildman–Crippen MR) is 75.7 cm³/mol. The minimum Gasteiger partial charge on any atom is -0.464 e. The molecule has 22 heavy (non-hydrogen) atoms. The van der Waals surface area contributed by atoms with Gasteiger partial charge in [0.05, 0.1) is 17.6 Å². The van der Waals surface area contributed by atoms with Crippen molar-refractivity contribution < 1.29 is 30.0 Å². The van der Waals surface area contributed by atoms with E-state index in [1.807, 2.05) is 0 Å². The van der Waals surface area contributed by atoms with Gasteiger partial charge in [-0.05, 0) is 19.1 Å². The second-order valence-electron chi connectivity index (χ2n) is 4.76. The van der Waals surface area contributed by atoms with Gasteiger partial charge in [0.15, 0.2) is 6.10 Å². The van der Waals surface area contributed by atoms with E-state index in [1.54, 1.807) is 24.3 Å². The van der Waals surface area contributed by atoms with Crippen LogP contribution in [0, 0.1) is 0 Å². The lowest BCUT2D eigenvalue weighted by Crippen LogP contribution is -2.45. The summed E-state index contributed by atoms with van der Waals surface area (Å²) in [4.78, 5) is 18.2. The Labute approximate surface area is 126 Å². The number of fused-ring (bicyclic) bond motifs is 1. The van der Waals surface area contributed by atoms with Gasteiger partial charge in [-0.1, -0.05) is 12.1 Å². The average Bonchev–Trinajstić information content (AvgIpc) is 2.96. The van der Waals surface area contributed by atoms with Crippen LogP contribution < -0.4 is 0 Å². The number of para-hydroxylation sites is 2. The highest BCUT2D eigenvalue weighted by Gasteiger charge is 2.36. The summed E-state index contributed by atoms with van der Waals surface area (Å²) in [6.45, 7) is 1.56. The number of esters is 1. The minimum absolute atomic E-state index is 0.0174. The molecule has 0 saturated heterocycles. The van der Waals surface area contributed by atoms with Crippen LogP contribution >= 0.6 is 0 Å². The standard InChI is InChI=1S/C14H18N2O6/c1-2-22-14(21)12(20)10(18)9(17)11(19)13-15-7-5-3-4-6-8(7)16-13/h3-6,9-12,17-20H,2H2,1H3,(H,15,16)/t9-,10+,11+,12-/m0/s1. The first-order valence-electron chi connectivity index (χ1n) is 6.79. The molecule has 0 aliphatic rings. The number of aliphatic hydroxyl groups excluding tert-OH is 4. The monoisotopic (exact) mass is 310 g/mol. The molecular weight excluding hydrogens is 292 g/mol. The highest BCUT2D eigenvalue weighted by molar-refractivity contribution is 5.75. The maximum Gasteiger partial charge on any atom is 0.337 e. The number of aromatic nitrogens is 2. The summed E-state index contributed by atoms with van der Waals surface area (Å²) in [7, 11) is 0. The van der Waals surface area contributed by atoms with Crippen LogP contribution in [0.3, 0.4) is 0 Å². The zero-order chi connectivity index (χ0) is 16.3. The molecule has 0 saturated carbocycles. The number of rotatable bonds is 6. The number of H-pyrrole nitrogens is 1. The van der Waals surface area contributed by atoms with Crippen LogP contribution in [0.4, 0.5) is 0 Å². The van der Waals surface area contributed by atoms with E-state index in [0.29, 0.717) is 11.0 Å². The van der Waals surface area contributed by atoms with E-state index in [9.17, 15) is 25.2 Å². The summed E-state index contributed by atoms with van der Waals surface area (Å²) >= 11 is 0. The number of aromatic amines is 1. The topological polar surface area (TPSA) is 136 Å². The van der Waals surface area contributed by atoms with Crippen LogP contribution in [0.15, 0.2) is 24.3 Å². The van der Waals surface area contributed by atoms with Crippen LogP contribution in [-0.2, 0) is 9.53 Å². The number of nitrogens with one attached hydrogen (secondary N) is 1. The molecule has 0 spiro atoms. The van der Waals surface area contributed by atoms with E-state index < -0.39 is 30.4 Å². The van der Waals surface area contributed by atoms with Crippen LogP contribution in [0.2, 0.25) is 0 Å². The van der Waals surface area contributed by atoms with Gasteiger partial charge in [0.25, 0.3) is 0 Å². The second kappa shape index (κ2) is 6.84. The van der Waals surface area contributed by atoms with Gasteiger partial charge in [-0.2, -0.15) is 0 Å². The van der Waals surface area contributed by atoms with Crippen molar-refractivity contribution in [2.24, 2.45) is 0 Å². The first kappa shape index (κ1) is 16.4. The number of carbonyl (C=O) groups excluding carboxylic acids is 1. The van der Waals surface area contributed by atoms with Crippen molar-refractivity contribution in [3.8, 4) is 0 Å². The third kappa shape index (κ3) is 3.25. The van der Waals surface area contributed by atoms with Crippen LogP contribution in [0.25, 0.3) is 11.0 Å². The summed E-state index contributed by atoms with van der Waals surface area (Å²) < 4.78 is 4.54. The van der Waals surface area contributed by atoms with Gasteiger partial charge in [0, 0.05) is 0 Å². The van der Waals surface area contributed by atoms with E-state index in [2.05, 4.69) is 14.7 Å². The molecule has 0 radical (unpaired) electrons. The number of aliphatic hydroxyl groups is 4. The highest BCUT2D eigenvalue weighted by Crippen LogP contribution is 2.21. The molecule has 4 atom stereocenters. The molecule has 8 nitrogen and oxygen atoms in total. The normalized spacial score (nSPS) is 17.0. The molecule has 2 aromatic rings. The Hall–Kier alpha value is -2.00. The fourth-order valence-electron chi connectivity index (χ4n) is 2.01. The summed E-state index contributed by atoms with van der Waals surface area (Å²) in [6.07, 6.45) is -7.30. The van der Waals surface area contributed by atoms with Crippen molar-refractivity contribution in [3.05, 3.63) is 30.1 Å². The molecule has 0 aliphatic carbocycles. The van der Waals surface area contributed by atoms with Gasteiger partial charge >= 0.3 is 5.97 Å². The van der Waals surface area contributed by atoms with Gasteiger partial charge in [0.1, 0.15) is 24.1 Å². The van der Waals surface area contributed by atoms with Crippen molar-refractivity contribution in [2.75, 3.05) is 6.61 Å². The van der Waals surface area contributed by atoms with Crippen LogP contribution in [-0.4, -0.2) is 61.3 Å². The molecular formula is C14H18N2O6. The molecule has 8 heteroatoms. The molecule has 2 rings (SSSR count). The summed E-state index contributed by atoms with van der Waals surface area (Å²) in [5.41, 5.74) is 1.22. The Balaban J connectivity index is 2.13. The molecule has 120 valence electrons. The van der Waals surface area contributed by atoms with Crippen molar-refractivity contribution >= 4 is 17.0 Å². The third-order valence-corrected chi connectivity index (χ3v) is 3.21. The maximum atomic E-state index is 11.3. The number of ether oxygens (including phenoxy) is 1. The van der Waals surface area contributed by atoms with Crippen molar-refractivity contribution in [1.29, 1.82) is 0 Å². The van der Waals surface area contributed by atoms with Gasteiger partial charge in [0.2, 0.25) is 0 Å². The Morgan fingerprint density at radius 1 is 1.23 bits per heavy atom. The SMILES string of the molecule is CCOC(=O)[C@@H](O)[C@H](O)[C@H](O)[C@@H](O)c1nc2ccccc2[nH]1. The Kier molecular flexibility index (Phi) is 5.09. The van der Waals surface area contributed by atoms with E-state index in [1.165, 1.54) is 6.92 Å². The fourth-order valence-corrected chi connectivity index (χ4v) is 2.01. The number of nitrogens with zero attached hydrogens (tertiary/aromatic N) is 1. The maximum absolute atomic E-state index is 11.3. The van der Waals surface area contributed by atoms with Gasteiger partial charge in [-0.25, -0.2) is 9.78 Å². The van der Waals surface area contributed by atoms with Crippen molar-refractivity contribution in [1.82, 2.24) is 9.97 Å². The van der Waals surface area contributed by atoms with Crippen LogP contribution in [0.5, 0.6) is 0 Å². The zero-order valence-corrected chi connectivity index (χ0v) is 11.9. The first-order chi connectivity index (χ1) is 10.5. The average molecular weight is 310 g/mol. The van der Waals surface area contributed by atoms with E-state index in [-0.39, 0.29) is 12.4 Å². The Morgan fingerprint density at radius 2 is 1.91 bits per heavy atom. The lowest BCUT2D eigenvalue weighted by molar-refractivity contribution is -0.169. The number of imidazole rings is 1. The quantitative estimate of drug-likeness (QED) is 0.442. The molecule has 0 amide bonds. The van der Waals surface area contributed by atoms with Crippen molar-refractivity contribution in [3.63, 3.8) is 0 Å². The van der Waals surface area contributed by atoms with Gasteiger partial charge < -0.3 is 30.1 Å². The minimum atomic E-state index is -1.96. The van der Waals surface area contributed by atoms with E-state index in [0.717, 1.165) is 0 Å². The molecule has 0 aliphatic heterocycles. The van der Waals surface area contributed by atoms with Crippen molar-refractivity contribution in [2.45, 2.75) is 31.3 Å². The lowest BCUT2D eigenvalue weighted by atomic mass is 10.0. The van der Waals surface area contributed by atoms with E-state index >= 15 is 0 Å². The fraction of sp³-hybridized carbons (Fsp3) is 0.429. The predicted octanol–water partition coefficient (Wildman–Crippen LogP) is -0.758. The summed E-state index contributed by atoms with van der Waals surface area (Å²) in [5.74, 6) is -1.06. The van der Waals surface area contributed by atoms with Crippen LogP contribution in [0.1, 0.15) is 18.9 Å². The third-order valence-electron chi connectivity index (χ3n) is 3.21. The first-order valence-corrected chi connectivity index (χ1v) is 6.79. The number of carbonyl (C=O) groups is 1. The number of benzene rings is 1. The largest absolute Gasteiger partial charge is 0.464 e. The molecule has 1 aromatic heterocycles. The molecule has 1 aromatic carbocycles. The summed E-state index contributed by atoms with van der Waals surface area (Å²) in [5, 5.41) is 39.4. The highest BCUT2D eigenvalue weighted by atomic mass is 16.5.